The zero-order valence-electron chi connectivity index (χ0n) is 14.4. The number of unbranched alkanes of at least 4 members (excludes halogenated alkanes) is 5. The monoisotopic (exact) mass is 303 g/mol. The molecule has 0 atom stereocenters. The zero-order valence-corrected chi connectivity index (χ0v) is 14.4. The Kier molecular flexibility index (Phi) is 14.6. The standard InChI is InChI=1S/C9H18O2.C7H16NO2/c1-2-3-4-5-6-7-8-9(10)11;1-7(9)10-6-5-8(2,3)4/h2-8H2,1H3,(H,10,11);5-6H2,1-4H3/q;+1/p-1. The minimum atomic E-state index is -0.916. The van der Waals surface area contributed by atoms with Gasteiger partial charge < -0.3 is 19.1 Å². The SMILES string of the molecule is CC(=O)OCC[N+](C)(C)C.CCCCCCCCC(=O)[O-]. The van der Waals surface area contributed by atoms with Crippen LogP contribution in [-0.4, -0.2) is 50.7 Å². The van der Waals surface area contributed by atoms with E-state index >= 15 is 0 Å². The summed E-state index contributed by atoms with van der Waals surface area (Å²) in [6.45, 7) is 4.97. The van der Waals surface area contributed by atoms with Gasteiger partial charge in [0.1, 0.15) is 13.2 Å². The number of hydrogen-bond donors (Lipinski definition) is 0. The van der Waals surface area contributed by atoms with Gasteiger partial charge in [0.15, 0.2) is 0 Å². The van der Waals surface area contributed by atoms with Crippen molar-refractivity contribution in [3.8, 4) is 0 Å². The number of aliphatic carboxylic acids is 1. The van der Waals surface area contributed by atoms with Crippen LogP contribution in [0.5, 0.6) is 0 Å². The average Bonchev–Trinajstić information content (AvgIpc) is 2.32. The van der Waals surface area contributed by atoms with Crippen molar-refractivity contribution in [3.63, 3.8) is 0 Å². The highest BCUT2D eigenvalue weighted by Crippen LogP contribution is 2.05. The van der Waals surface area contributed by atoms with Crippen LogP contribution in [0.3, 0.4) is 0 Å². The highest BCUT2D eigenvalue weighted by Gasteiger charge is 2.06. The maximum Gasteiger partial charge on any atom is 0.302 e. The van der Waals surface area contributed by atoms with Gasteiger partial charge in [0.25, 0.3) is 0 Å². The number of likely N-dealkylation sites (N-methyl/N-ethyl adjacent to an activating group) is 1. The molecule has 0 N–H and O–H groups in total. The molecule has 0 aromatic heterocycles. The molecule has 5 heteroatoms. The lowest BCUT2D eigenvalue weighted by molar-refractivity contribution is -0.870. The van der Waals surface area contributed by atoms with Crippen LogP contribution in [0, 0.1) is 0 Å². The number of nitrogens with zero attached hydrogens (tertiary/aromatic N) is 1. The second-order valence-corrected chi connectivity index (χ2v) is 6.24. The number of ether oxygens (including phenoxy) is 1. The van der Waals surface area contributed by atoms with Crippen molar-refractivity contribution in [2.24, 2.45) is 0 Å². The molecule has 0 saturated carbocycles. The zero-order chi connectivity index (χ0) is 16.7. The minimum Gasteiger partial charge on any atom is -0.550 e. The lowest BCUT2D eigenvalue weighted by Gasteiger charge is -2.23. The van der Waals surface area contributed by atoms with E-state index in [9.17, 15) is 14.7 Å². The Morgan fingerprint density at radius 2 is 1.52 bits per heavy atom. The van der Waals surface area contributed by atoms with E-state index in [0.717, 1.165) is 23.9 Å². The first-order valence-electron chi connectivity index (χ1n) is 7.82. The quantitative estimate of drug-likeness (QED) is 0.350. The van der Waals surface area contributed by atoms with Crippen LogP contribution in [0.2, 0.25) is 0 Å². The summed E-state index contributed by atoms with van der Waals surface area (Å²) in [7, 11) is 6.18. The van der Waals surface area contributed by atoms with Crippen LogP contribution in [-0.2, 0) is 14.3 Å². The van der Waals surface area contributed by atoms with Gasteiger partial charge in [-0.1, -0.05) is 39.0 Å². The van der Waals surface area contributed by atoms with E-state index in [0.29, 0.717) is 6.61 Å². The van der Waals surface area contributed by atoms with Crippen LogP contribution in [0.25, 0.3) is 0 Å². The fourth-order valence-corrected chi connectivity index (χ4v) is 1.51. The molecule has 0 aliphatic heterocycles. The van der Waals surface area contributed by atoms with Gasteiger partial charge in [-0.15, -0.1) is 0 Å². The van der Waals surface area contributed by atoms with E-state index in [1.54, 1.807) is 0 Å². The number of carbonyl (C=O) groups excluding carboxylic acids is 2. The molecule has 0 radical (unpaired) electrons. The molecule has 0 bridgehead atoms. The Bertz CT molecular complexity index is 272. The molecule has 0 aromatic rings. The van der Waals surface area contributed by atoms with Gasteiger partial charge in [0, 0.05) is 12.9 Å². The van der Waals surface area contributed by atoms with Crippen LogP contribution >= 0.6 is 0 Å². The number of hydrogen-bond acceptors (Lipinski definition) is 4. The summed E-state index contributed by atoms with van der Waals surface area (Å²) in [6.07, 6.45) is 6.96. The predicted molar refractivity (Wildman–Crippen MR) is 82.5 cm³/mol. The highest BCUT2D eigenvalue weighted by molar-refractivity contribution is 5.65. The molecule has 0 unspecified atom stereocenters. The molecule has 0 rings (SSSR count). The normalized spacial score (nSPS) is 10.5. The summed E-state index contributed by atoms with van der Waals surface area (Å²) < 4.78 is 5.59. The minimum absolute atomic E-state index is 0.201. The molecule has 0 fully saturated rings. The summed E-state index contributed by atoms with van der Waals surface area (Å²) in [5.41, 5.74) is 0. The van der Waals surface area contributed by atoms with Gasteiger partial charge >= 0.3 is 5.97 Å². The lowest BCUT2D eigenvalue weighted by atomic mass is 10.1. The second-order valence-electron chi connectivity index (χ2n) is 6.24. The number of quaternary nitrogens is 1. The number of carboxylic acids is 1. The highest BCUT2D eigenvalue weighted by atomic mass is 16.5. The molecule has 0 saturated heterocycles. The van der Waals surface area contributed by atoms with Gasteiger partial charge in [0.05, 0.1) is 21.1 Å². The number of carboxylic acid groups (broad SMARTS) is 1. The van der Waals surface area contributed by atoms with Gasteiger partial charge in [-0.2, -0.15) is 0 Å². The smallest absolute Gasteiger partial charge is 0.302 e. The molecule has 0 aromatic carbocycles. The van der Waals surface area contributed by atoms with Crippen LogP contribution in [0.4, 0.5) is 0 Å². The van der Waals surface area contributed by atoms with Crippen LogP contribution < -0.4 is 5.11 Å². The third-order valence-corrected chi connectivity index (χ3v) is 2.80. The molecular formula is C16H33NO4. The number of esters is 1. The van der Waals surface area contributed by atoms with Gasteiger partial charge in [-0.25, -0.2) is 0 Å². The first-order valence-corrected chi connectivity index (χ1v) is 7.82. The maximum atomic E-state index is 10.3. The van der Waals surface area contributed by atoms with Crippen molar-refractivity contribution in [2.75, 3.05) is 34.3 Å². The number of carbonyl (C=O) groups is 2. The van der Waals surface area contributed by atoms with Crippen molar-refractivity contribution in [1.29, 1.82) is 0 Å². The third kappa shape index (κ3) is 27.9. The van der Waals surface area contributed by atoms with Gasteiger partial charge in [0.2, 0.25) is 0 Å². The first kappa shape index (κ1) is 22.2. The fourth-order valence-electron chi connectivity index (χ4n) is 1.51. The van der Waals surface area contributed by atoms with Crippen molar-refractivity contribution in [3.05, 3.63) is 0 Å². The summed E-state index contributed by atoms with van der Waals surface area (Å²) in [5.74, 6) is -1.12. The topological polar surface area (TPSA) is 66.4 Å². The Balaban J connectivity index is 0. The van der Waals surface area contributed by atoms with E-state index in [2.05, 4.69) is 28.1 Å². The maximum absolute atomic E-state index is 10.3. The fraction of sp³-hybridized carbons (Fsp3) is 0.875. The summed E-state index contributed by atoms with van der Waals surface area (Å²) in [5, 5.41) is 9.98. The van der Waals surface area contributed by atoms with Crippen molar-refractivity contribution < 1.29 is 23.9 Å². The Hall–Kier alpha value is -1.10. The lowest BCUT2D eigenvalue weighted by Crippen LogP contribution is -2.37. The molecule has 126 valence electrons. The Morgan fingerprint density at radius 3 is 1.95 bits per heavy atom. The van der Waals surface area contributed by atoms with Gasteiger partial charge in [-0.3, -0.25) is 4.79 Å². The van der Waals surface area contributed by atoms with Crippen molar-refractivity contribution in [1.82, 2.24) is 0 Å². The molecular weight excluding hydrogens is 270 g/mol. The second kappa shape index (κ2) is 13.9. The molecule has 21 heavy (non-hydrogen) atoms. The van der Waals surface area contributed by atoms with E-state index < -0.39 is 5.97 Å². The molecule has 0 spiro atoms. The summed E-state index contributed by atoms with van der Waals surface area (Å²) in [4.78, 5) is 20.3. The van der Waals surface area contributed by atoms with Gasteiger partial charge in [-0.05, 0) is 12.8 Å². The Morgan fingerprint density at radius 1 is 1.00 bits per heavy atom. The van der Waals surface area contributed by atoms with Crippen molar-refractivity contribution >= 4 is 11.9 Å². The number of rotatable bonds is 10. The van der Waals surface area contributed by atoms with E-state index in [-0.39, 0.29) is 12.4 Å². The molecule has 0 amide bonds. The van der Waals surface area contributed by atoms with E-state index in [1.165, 1.54) is 32.6 Å². The average molecular weight is 303 g/mol. The molecule has 0 heterocycles. The summed E-state index contributed by atoms with van der Waals surface area (Å²) in [6, 6.07) is 0. The molecule has 0 aliphatic carbocycles. The van der Waals surface area contributed by atoms with E-state index in [4.69, 9.17) is 4.74 Å². The largest absolute Gasteiger partial charge is 0.550 e. The predicted octanol–water partition coefficient (Wildman–Crippen LogP) is 1.74. The van der Waals surface area contributed by atoms with Crippen LogP contribution in [0.1, 0.15) is 58.8 Å². The van der Waals surface area contributed by atoms with Crippen LogP contribution in [0.15, 0.2) is 0 Å². The van der Waals surface area contributed by atoms with E-state index in [1.807, 2.05) is 0 Å². The Labute approximate surface area is 129 Å². The molecule has 5 nitrogen and oxygen atoms in total. The third-order valence-electron chi connectivity index (χ3n) is 2.80. The molecule has 0 aliphatic rings. The summed E-state index contributed by atoms with van der Waals surface area (Å²) >= 11 is 0. The van der Waals surface area contributed by atoms with Crippen molar-refractivity contribution in [2.45, 2.75) is 58.8 Å². The first-order chi connectivity index (χ1) is 9.69.